The van der Waals surface area contributed by atoms with Crippen molar-refractivity contribution in [2.24, 2.45) is 19.8 Å². The van der Waals surface area contributed by atoms with E-state index in [4.69, 9.17) is 5.73 Å². The van der Waals surface area contributed by atoms with E-state index in [1.54, 1.807) is 0 Å². The largest absolute Gasteiger partial charge is 0.369 e. The summed E-state index contributed by atoms with van der Waals surface area (Å²) in [6, 6.07) is 5.47. The maximum atomic E-state index is 13.2. The molecule has 0 radical (unpaired) electrons. The quantitative estimate of drug-likeness (QED) is 0.522. The highest BCUT2D eigenvalue weighted by Crippen LogP contribution is 2.25. The fraction of sp³-hybridized carbons (Fsp3) is 0.188. The van der Waals surface area contributed by atoms with Crippen molar-refractivity contribution in [3.63, 3.8) is 0 Å². The summed E-state index contributed by atoms with van der Waals surface area (Å²) in [7, 11) is 2.83. The Morgan fingerprint density at radius 3 is 2.42 bits per heavy atom. The molecule has 3 rings (SSSR count). The number of nitrogens with two attached hydrogens (primary N) is 1. The zero-order valence-electron chi connectivity index (χ0n) is 13.9. The first kappa shape index (κ1) is 17.8. The van der Waals surface area contributed by atoms with Crippen LogP contribution in [0, 0.1) is 5.82 Å². The molecule has 10 heteroatoms. The van der Waals surface area contributed by atoms with E-state index in [-0.39, 0.29) is 27.6 Å². The van der Waals surface area contributed by atoms with Crippen molar-refractivity contribution < 1.29 is 9.18 Å². The number of hydrogen-bond acceptors (Lipinski definition) is 6. The molecule has 2 aromatic heterocycles. The van der Waals surface area contributed by atoms with E-state index in [1.165, 1.54) is 42.9 Å². The van der Waals surface area contributed by atoms with Crippen LogP contribution < -0.4 is 17.0 Å². The van der Waals surface area contributed by atoms with Crippen LogP contribution in [-0.2, 0) is 18.9 Å². The number of nitrogens with zero attached hydrogens (tertiary/aromatic N) is 4. The molecule has 0 aliphatic heterocycles. The fourth-order valence-corrected chi connectivity index (χ4v) is 3.15. The molecule has 0 bridgehead atoms. The molecule has 8 nitrogen and oxygen atoms in total. The maximum absolute atomic E-state index is 13.2. The third kappa shape index (κ3) is 3.10. The Balaban J connectivity index is 2.35. The van der Waals surface area contributed by atoms with E-state index >= 15 is 0 Å². The Kier molecular flexibility index (Phi) is 4.60. The number of fused-ring (bicyclic) bond motifs is 1. The van der Waals surface area contributed by atoms with Crippen LogP contribution in [0.5, 0.6) is 0 Å². The lowest BCUT2D eigenvalue weighted by Crippen LogP contribution is -2.37. The smallest absolute Gasteiger partial charge is 0.332 e. The molecule has 0 saturated heterocycles. The number of rotatable bonds is 4. The second-order valence-electron chi connectivity index (χ2n) is 5.52. The number of benzene rings is 1. The molecule has 2 heterocycles. The number of aromatic nitrogens is 4. The number of aryl methyl sites for hydroxylation is 1. The van der Waals surface area contributed by atoms with Gasteiger partial charge < -0.3 is 5.73 Å². The van der Waals surface area contributed by atoms with Gasteiger partial charge in [0.15, 0.2) is 11.5 Å². The van der Waals surface area contributed by atoms with Gasteiger partial charge in [-0.15, -0.1) is 0 Å². The Bertz CT molecular complexity index is 1140. The third-order valence-electron chi connectivity index (χ3n) is 3.72. The molecule has 0 unspecified atom stereocenters. The highest BCUT2D eigenvalue weighted by Gasteiger charge is 2.18. The van der Waals surface area contributed by atoms with Crippen molar-refractivity contribution >= 4 is 28.7 Å². The SMILES string of the molecule is Cn1c(=O)c2c(SCC(N)=O)nc(-c3ccc(F)cc3)nc2n(C)c1=O. The monoisotopic (exact) mass is 375 g/mol. The van der Waals surface area contributed by atoms with Gasteiger partial charge in [0.2, 0.25) is 5.91 Å². The van der Waals surface area contributed by atoms with Gasteiger partial charge in [-0.05, 0) is 24.3 Å². The lowest BCUT2D eigenvalue weighted by Gasteiger charge is -2.11. The molecule has 26 heavy (non-hydrogen) atoms. The molecule has 3 aromatic rings. The van der Waals surface area contributed by atoms with E-state index in [0.29, 0.717) is 5.56 Å². The van der Waals surface area contributed by atoms with E-state index in [0.717, 1.165) is 16.3 Å². The van der Waals surface area contributed by atoms with E-state index in [1.807, 2.05) is 0 Å². The standard InChI is InChI=1S/C16H14FN5O3S/c1-21-13-11(15(24)22(2)16(21)25)14(26-7-10(18)23)20-12(19-13)8-3-5-9(17)6-4-8/h3-6H,7H2,1-2H3,(H2,18,23). The van der Waals surface area contributed by atoms with Crippen molar-refractivity contribution in [3.8, 4) is 11.4 Å². The summed E-state index contributed by atoms with van der Waals surface area (Å²) in [5, 5.41) is 0.344. The lowest BCUT2D eigenvalue weighted by molar-refractivity contribution is -0.115. The molecule has 1 aromatic carbocycles. The van der Waals surface area contributed by atoms with Crippen LogP contribution in [0.25, 0.3) is 22.4 Å². The molecule has 0 aliphatic carbocycles. The minimum Gasteiger partial charge on any atom is -0.369 e. The Morgan fingerprint density at radius 1 is 1.15 bits per heavy atom. The summed E-state index contributed by atoms with van der Waals surface area (Å²) in [5.74, 6) is -0.889. The number of hydrogen-bond donors (Lipinski definition) is 1. The van der Waals surface area contributed by atoms with Gasteiger partial charge in [-0.25, -0.2) is 19.2 Å². The van der Waals surface area contributed by atoms with Gasteiger partial charge in [0.1, 0.15) is 16.2 Å². The number of carbonyl (C=O) groups excluding carboxylic acids is 1. The summed E-state index contributed by atoms with van der Waals surface area (Å²) in [5.41, 5.74) is 4.70. The van der Waals surface area contributed by atoms with Gasteiger partial charge in [-0.1, -0.05) is 11.8 Å². The second-order valence-corrected chi connectivity index (χ2v) is 6.48. The molecule has 0 saturated carbocycles. The first-order valence-corrected chi connectivity index (χ1v) is 8.43. The Hall–Kier alpha value is -3.01. The summed E-state index contributed by atoms with van der Waals surface area (Å²) in [6.45, 7) is 0. The second kappa shape index (κ2) is 6.71. The van der Waals surface area contributed by atoms with Crippen molar-refractivity contribution in [1.29, 1.82) is 0 Å². The van der Waals surface area contributed by atoms with Gasteiger partial charge in [0.05, 0.1) is 5.75 Å². The third-order valence-corrected chi connectivity index (χ3v) is 4.72. The van der Waals surface area contributed by atoms with Crippen LogP contribution in [0.1, 0.15) is 0 Å². The predicted octanol–water partition coefficient (Wildman–Crippen LogP) is 0.411. The Labute approximate surface area is 150 Å². The van der Waals surface area contributed by atoms with Crippen LogP contribution in [0.15, 0.2) is 38.9 Å². The number of primary amides is 1. The van der Waals surface area contributed by atoms with Crippen LogP contribution in [0.4, 0.5) is 4.39 Å². The van der Waals surface area contributed by atoms with E-state index < -0.39 is 23.0 Å². The topological polar surface area (TPSA) is 113 Å². The number of amides is 1. The average Bonchev–Trinajstić information content (AvgIpc) is 2.62. The first-order chi connectivity index (χ1) is 12.3. The molecule has 0 spiro atoms. The summed E-state index contributed by atoms with van der Waals surface area (Å²) in [6.07, 6.45) is 0. The van der Waals surface area contributed by atoms with Crippen molar-refractivity contribution in [2.45, 2.75) is 5.03 Å². The number of halogens is 1. The molecule has 2 N–H and O–H groups in total. The van der Waals surface area contributed by atoms with Gasteiger partial charge in [-0.2, -0.15) is 0 Å². The lowest BCUT2D eigenvalue weighted by atomic mass is 10.2. The first-order valence-electron chi connectivity index (χ1n) is 7.44. The summed E-state index contributed by atoms with van der Waals surface area (Å²) >= 11 is 0.979. The molecular weight excluding hydrogens is 361 g/mol. The van der Waals surface area contributed by atoms with Gasteiger partial charge >= 0.3 is 5.69 Å². The molecule has 134 valence electrons. The normalized spacial score (nSPS) is 11.0. The van der Waals surface area contributed by atoms with Gasteiger partial charge in [0.25, 0.3) is 5.56 Å². The summed E-state index contributed by atoms with van der Waals surface area (Å²) in [4.78, 5) is 44.6. The highest BCUT2D eigenvalue weighted by molar-refractivity contribution is 8.00. The average molecular weight is 375 g/mol. The van der Waals surface area contributed by atoms with Crippen LogP contribution >= 0.6 is 11.8 Å². The van der Waals surface area contributed by atoms with Gasteiger partial charge in [-0.3, -0.25) is 18.7 Å². The zero-order valence-corrected chi connectivity index (χ0v) is 14.7. The van der Waals surface area contributed by atoms with Gasteiger partial charge in [0, 0.05) is 19.7 Å². The zero-order chi connectivity index (χ0) is 19.0. The minimum absolute atomic E-state index is 0.0963. The van der Waals surface area contributed by atoms with E-state index in [2.05, 4.69) is 9.97 Å². The van der Waals surface area contributed by atoms with Crippen molar-refractivity contribution in [3.05, 3.63) is 50.9 Å². The Morgan fingerprint density at radius 2 is 1.81 bits per heavy atom. The van der Waals surface area contributed by atoms with Crippen LogP contribution in [-0.4, -0.2) is 30.8 Å². The minimum atomic E-state index is -0.577. The molecule has 0 fully saturated rings. The van der Waals surface area contributed by atoms with Crippen LogP contribution in [0.3, 0.4) is 0 Å². The number of thioether (sulfide) groups is 1. The molecule has 0 aliphatic rings. The van der Waals surface area contributed by atoms with E-state index in [9.17, 15) is 18.8 Å². The van der Waals surface area contributed by atoms with Crippen LogP contribution in [0.2, 0.25) is 0 Å². The molecule has 1 amide bonds. The number of carbonyl (C=O) groups is 1. The molecular formula is C16H14FN5O3S. The maximum Gasteiger partial charge on any atom is 0.332 e. The molecule has 0 atom stereocenters. The van der Waals surface area contributed by atoms with Crippen molar-refractivity contribution in [2.75, 3.05) is 5.75 Å². The fourth-order valence-electron chi connectivity index (χ4n) is 2.40. The van der Waals surface area contributed by atoms with Crippen molar-refractivity contribution in [1.82, 2.24) is 19.1 Å². The summed E-state index contributed by atoms with van der Waals surface area (Å²) < 4.78 is 15.3. The predicted molar refractivity (Wildman–Crippen MR) is 95.3 cm³/mol. The highest BCUT2D eigenvalue weighted by atomic mass is 32.2.